The summed E-state index contributed by atoms with van der Waals surface area (Å²) in [5.74, 6) is 1.96. The highest BCUT2D eigenvalue weighted by atomic mass is 15.4. The van der Waals surface area contributed by atoms with Crippen LogP contribution in [0.25, 0.3) is 11.5 Å². The van der Waals surface area contributed by atoms with E-state index in [4.69, 9.17) is 0 Å². The van der Waals surface area contributed by atoms with Crippen LogP contribution < -0.4 is 4.57 Å². The van der Waals surface area contributed by atoms with Crippen molar-refractivity contribution in [2.45, 2.75) is 13.8 Å². The lowest BCUT2D eigenvalue weighted by atomic mass is 10.2. The van der Waals surface area contributed by atoms with Crippen LogP contribution in [-0.4, -0.2) is 19.7 Å². The minimum Gasteiger partial charge on any atom is -0.244 e. The number of rotatable bonds is 1. The summed E-state index contributed by atoms with van der Waals surface area (Å²) in [6.07, 6.45) is 3.37. The second kappa shape index (κ2) is 3.42. The Morgan fingerprint density at radius 1 is 1.33 bits per heavy atom. The molecule has 0 atom stereocenters. The fourth-order valence-electron chi connectivity index (χ4n) is 1.65. The van der Waals surface area contributed by atoms with Crippen LogP contribution in [0.1, 0.15) is 11.4 Å². The molecule has 0 aliphatic rings. The Kier molecular flexibility index (Phi) is 2.22. The van der Waals surface area contributed by atoms with E-state index in [1.54, 1.807) is 6.33 Å². The van der Waals surface area contributed by atoms with E-state index in [0.717, 1.165) is 22.9 Å². The van der Waals surface area contributed by atoms with Gasteiger partial charge in [-0.05, 0) is 12.5 Å². The van der Waals surface area contributed by atoms with Crippen LogP contribution in [0.5, 0.6) is 0 Å². The standard InChI is InChI=1S/C10H14N5/c1-7-5-11-6-12-9(7)10-14(3)8(2)13-15(10)4/h5-6H,1-4H3/q+1. The number of hydrogen-bond donors (Lipinski definition) is 0. The summed E-state index contributed by atoms with van der Waals surface area (Å²) in [5, 5.41) is 4.35. The molecule has 0 fully saturated rings. The molecule has 0 saturated carbocycles. The summed E-state index contributed by atoms with van der Waals surface area (Å²) in [6, 6.07) is 0. The van der Waals surface area contributed by atoms with Gasteiger partial charge in [0.05, 0.1) is 14.1 Å². The molecule has 0 amide bonds. The van der Waals surface area contributed by atoms with Crippen molar-refractivity contribution in [3.63, 3.8) is 0 Å². The largest absolute Gasteiger partial charge is 0.286 e. The van der Waals surface area contributed by atoms with Crippen molar-refractivity contribution >= 4 is 0 Å². The molecule has 0 bridgehead atoms. The van der Waals surface area contributed by atoms with E-state index in [1.165, 1.54) is 0 Å². The van der Waals surface area contributed by atoms with Crippen LogP contribution in [0, 0.1) is 13.8 Å². The minimum atomic E-state index is 0.926. The highest BCUT2D eigenvalue weighted by Gasteiger charge is 2.21. The van der Waals surface area contributed by atoms with Crippen LogP contribution in [0.4, 0.5) is 0 Å². The van der Waals surface area contributed by atoms with Crippen molar-refractivity contribution in [3.05, 3.63) is 23.9 Å². The lowest BCUT2D eigenvalue weighted by molar-refractivity contribution is -0.667. The van der Waals surface area contributed by atoms with Crippen LogP contribution in [0.2, 0.25) is 0 Å². The van der Waals surface area contributed by atoms with Gasteiger partial charge in [0.2, 0.25) is 0 Å². The van der Waals surface area contributed by atoms with Gasteiger partial charge in [-0.1, -0.05) is 0 Å². The van der Waals surface area contributed by atoms with Gasteiger partial charge in [0.15, 0.2) is 0 Å². The van der Waals surface area contributed by atoms with Crippen molar-refractivity contribution in [3.8, 4) is 11.5 Å². The molecule has 0 spiro atoms. The summed E-state index contributed by atoms with van der Waals surface area (Å²) in [4.78, 5) is 8.28. The first-order valence-corrected chi connectivity index (χ1v) is 4.78. The average Bonchev–Trinajstić information content (AvgIpc) is 2.43. The Hall–Kier alpha value is -1.78. The Labute approximate surface area is 88.4 Å². The summed E-state index contributed by atoms with van der Waals surface area (Å²) in [7, 11) is 3.91. The maximum atomic E-state index is 4.35. The molecule has 5 nitrogen and oxygen atoms in total. The monoisotopic (exact) mass is 204 g/mol. The van der Waals surface area contributed by atoms with Crippen molar-refractivity contribution in [1.29, 1.82) is 0 Å². The van der Waals surface area contributed by atoms with Crippen molar-refractivity contribution in [2.24, 2.45) is 14.1 Å². The van der Waals surface area contributed by atoms with Crippen molar-refractivity contribution < 1.29 is 4.57 Å². The Morgan fingerprint density at radius 2 is 2.07 bits per heavy atom. The molecule has 0 aliphatic carbocycles. The zero-order valence-corrected chi connectivity index (χ0v) is 9.39. The van der Waals surface area contributed by atoms with Gasteiger partial charge in [-0.25, -0.2) is 14.5 Å². The van der Waals surface area contributed by atoms with E-state index in [9.17, 15) is 0 Å². The molecular weight excluding hydrogens is 190 g/mol. The second-order valence-electron chi connectivity index (χ2n) is 3.61. The number of nitrogens with zero attached hydrogens (tertiary/aromatic N) is 5. The first kappa shape index (κ1) is 9.76. The molecule has 0 unspecified atom stereocenters. The fraction of sp³-hybridized carbons (Fsp3) is 0.400. The van der Waals surface area contributed by atoms with Crippen molar-refractivity contribution in [2.75, 3.05) is 0 Å². The Morgan fingerprint density at radius 3 is 2.60 bits per heavy atom. The molecule has 0 saturated heterocycles. The van der Waals surface area contributed by atoms with Gasteiger partial charge in [-0.15, -0.1) is 4.68 Å². The third-order valence-corrected chi connectivity index (χ3v) is 2.51. The zero-order valence-electron chi connectivity index (χ0n) is 9.39. The number of hydrogen-bond acceptors (Lipinski definition) is 3. The van der Waals surface area contributed by atoms with Gasteiger partial charge in [0.1, 0.15) is 12.0 Å². The lowest BCUT2D eigenvalue weighted by Gasteiger charge is -2.00. The molecule has 5 heteroatoms. The zero-order chi connectivity index (χ0) is 11.0. The highest BCUT2D eigenvalue weighted by Crippen LogP contribution is 2.14. The molecular formula is C10H14N5+. The molecule has 0 aromatic carbocycles. The maximum absolute atomic E-state index is 4.35. The van der Waals surface area contributed by atoms with E-state index < -0.39 is 0 Å². The third-order valence-electron chi connectivity index (χ3n) is 2.51. The van der Waals surface area contributed by atoms with Crippen LogP contribution in [-0.2, 0) is 14.1 Å². The maximum Gasteiger partial charge on any atom is 0.286 e. The summed E-state index contributed by atoms with van der Waals surface area (Å²) < 4.78 is 3.86. The van der Waals surface area contributed by atoms with Crippen LogP contribution in [0.15, 0.2) is 12.5 Å². The van der Waals surface area contributed by atoms with Gasteiger partial charge in [-0.3, -0.25) is 0 Å². The SMILES string of the molecule is Cc1cncnc1-c1n(C)nc(C)[n+]1C. The summed E-state index contributed by atoms with van der Waals surface area (Å²) >= 11 is 0. The van der Waals surface area contributed by atoms with Crippen molar-refractivity contribution in [1.82, 2.24) is 19.7 Å². The van der Waals surface area contributed by atoms with Gasteiger partial charge in [-0.2, -0.15) is 0 Å². The quantitative estimate of drug-likeness (QED) is 0.628. The topological polar surface area (TPSA) is 47.5 Å². The Bertz CT molecular complexity index is 501. The van der Waals surface area contributed by atoms with Crippen LogP contribution in [0.3, 0.4) is 0 Å². The van der Waals surface area contributed by atoms with Gasteiger partial charge in [0, 0.05) is 18.2 Å². The smallest absolute Gasteiger partial charge is 0.244 e. The first-order chi connectivity index (χ1) is 7.11. The third kappa shape index (κ3) is 1.49. The number of aromatic nitrogens is 5. The molecule has 2 rings (SSSR count). The summed E-state index contributed by atoms with van der Waals surface area (Å²) in [6.45, 7) is 3.97. The number of aryl methyl sites for hydroxylation is 3. The van der Waals surface area contributed by atoms with E-state index in [2.05, 4.69) is 15.1 Å². The lowest BCUT2D eigenvalue weighted by Crippen LogP contribution is -2.33. The average molecular weight is 204 g/mol. The normalized spacial score (nSPS) is 10.7. The van der Waals surface area contributed by atoms with E-state index in [-0.39, 0.29) is 0 Å². The Balaban J connectivity index is 2.69. The second-order valence-corrected chi connectivity index (χ2v) is 3.61. The molecule has 2 heterocycles. The fourth-order valence-corrected chi connectivity index (χ4v) is 1.65. The first-order valence-electron chi connectivity index (χ1n) is 4.78. The molecule has 2 aromatic heterocycles. The van der Waals surface area contributed by atoms with E-state index in [1.807, 2.05) is 43.4 Å². The predicted octanol–water partition coefficient (Wildman–Crippen LogP) is 0.318. The van der Waals surface area contributed by atoms with Gasteiger partial charge in [0.25, 0.3) is 11.6 Å². The minimum absolute atomic E-state index is 0.926. The van der Waals surface area contributed by atoms with Crippen LogP contribution >= 0.6 is 0 Å². The van der Waals surface area contributed by atoms with Gasteiger partial charge >= 0.3 is 0 Å². The molecule has 0 radical (unpaired) electrons. The van der Waals surface area contributed by atoms with E-state index in [0.29, 0.717) is 0 Å². The molecule has 2 aromatic rings. The van der Waals surface area contributed by atoms with Gasteiger partial charge < -0.3 is 0 Å². The predicted molar refractivity (Wildman–Crippen MR) is 54.9 cm³/mol. The summed E-state index contributed by atoms with van der Waals surface area (Å²) in [5.41, 5.74) is 1.98. The van der Waals surface area contributed by atoms with E-state index >= 15 is 0 Å². The highest BCUT2D eigenvalue weighted by molar-refractivity contribution is 5.50. The molecule has 78 valence electrons. The molecule has 15 heavy (non-hydrogen) atoms. The molecule has 0 N–H and O–H groups in total. The molecule has 0 aliphatic heterocycles.